The van der Waals surface area contributed by atoms with Gasteiger partial charge < -0.3 is 0 Å². The average molecular weight is 236 g/mol. The van der Waals surface area contributed by atoms with E-state index in [0.29, 0.717) is 19.3 Å². The summed E-state index contributed by atoms with van der Waals surface area (Å²) in [5.41, 5.74) is 1.08. The molecular formula is C15H18F2. The standard InChI is InChI=1S/C15H18F2/c1-3-8-14(15(16,17)4-2)12-11-13-9-6-5-7-10-13/h3-7,9-10,14H,1-2,8,11-12H2. The normalized spacial score (nSPS) is 13.1. The van der Waals surface area contributed by atoms with Crippen LogP contribution in [0, 0.1) is 5.92 Å². The first-order valence-corrected chi connectivity index (χ1v) is 5.76. The first kappa shape index (κ1) is 13.6. The minimum absolute atomic E-state index is 0.311. The maximum absolute atomic E-state index is 13.5. The smallest absolute Gasteiger partial charge is 0.202 e. The molecule has 0 bridgehead atoms. The van der Waals surface area contributed by atoms with Crippen LogP contribution in [0.25, 0.3) is 0 Å². The molecule has 0 amide bonds. The predicted molar refractivity (Wildman–Crippen MR) is 68.2 cm³/mol. The minimum atomic E-state index is -2.82. The zero-order chi connectivity index (χ0) is 12.7. The number of rotatable bonds is 7. The minimum Gasteiger partial charge on any atom is -0.202 e. The maximum Gasteiger partial charge on any atom is 0.269 e. The van der Waals surface area contributed by atoms with Crippen molar-refractivity contribution in [3.8, 4) is 0 Å². The molecule has 0 fully saturated rings. The monoisotopic (exact) mass is 236 g/mol. The fourth-order valence-electron chi connectivity index (χ4n) is 1.82. The fourth-order valence-corrected chi connectivity index (χ4v) is 1.82. The van der Waals surface area contributed by atoms with Crippen molar-refractivity contribution >= 4 is 0 Å². The molecule has 0 radical (unpaired) electrons. The molecule has 1 rings (SSSR count). The topological polar surface area (TPSA) is 0 Å². The first-order valence-electron chi connectivity index (χ1n) is 5.76. The van der Waals surface area contributed by atoms with Gasteiger partial charge in [0.15, 0.2) is 0 Å². The van der Waals surface area contributed by atoms with Crippen LogP contribution in [0.3, 0.4) is 0 Å². The number of halogens is 2. The van der Waals surface area contributed by atoms with E-state index in [-0.39, 0.29) is 0 Å². The molecule has 92 valence electrons. The van der Waals surface area contributed by atoms with E-state index in [4.69, 9.17) is 0 Å². The van der Waals surface area contributed by atoms with E-state index in [1.165, 1.54) is 0 Å². The van der Waals surface area contributed by atoms with E-state index in [1.807, 2.05) is 30.3 Å². The van der Waals surface area contributed by atoms with Gasteiger partial charge in [-0.2, -0.15) is 0 Å². The van der Waals surface area contributed by atoms with Crippen LogP contribution in [0.5, 0.6) is 0 Å². The van der Waals surface area contributed by atoms with Crippen LogP contribution >= 0.6 is 0 Å². The zero-order valence-corrected chi connectivity index (χ0v) is 9.91. The lowest BCUT2D eigenvalue weighted by molar-refractivity contribution is -0.0110. The molecule has 0 aliphatic rings. The second-order valence-electron chi connectivity index (χ2n) is 4.12. The molecule has 1 aromatic carbocycles. The summed E-state index contributed by atoms with van der Waals surface area (Å²) in [6.45, 7) is 6.74. The Kier molecular flexibility index (Phi) is 5.08. The lowest BCUT2D eigenvalue weighted by Gasteiger charge is -2.23. The van der Waals surface area contributed by atoms with Crippen molar-refractivity contribution < 1.29 is 8.78 Å². The van der Waals surface area contributed by atoms with Crippen molar-refractivity contribution in [3.63, 3.8) is 0 Å². The van der Waals surface area contributed by atoms with Crippen molar-refractivity contribution in [3.05, 3.63) is 61.2 Å². The van der Waals surface area contributed by atoms with Gasteiger partial charge in [-0.25, -0.2) is 8.78 Å². The lowest BCUT2D eigenvalue weighted by atomic mass is 9.90. The van der Waals surface area contributed by atoms with Gasteiger partial charge in [0.1, 0.15) is 0 Å². The van der Waals surface area contributed by atoms with Gasteiger partial charge in [0.05, 0.1) is 0 Å². The Bertz CT molecular complexity index is 354. The third kappa shape index (κ3) is 4.14. The molecule has 0 aliphatic carbocycles. The van der Waals surface area contributed by atoms with Crippen LogP contribution in [-0.4, -0.2) is 5.92 Å². The van der Waals surface area contributed by atoms with Gasteiger partial charge >= 0.3 is 0 Å². The number of aryl methyl sites for hydroxylation is 1. The number of hydrogen-bond acceptors (Lipinski definition) is 0. The Morgan fingerprint density at radius 1 is 1.18 bits per heavy atom. The molecule has 0 saturated carbocycles. The van der Waals surface area contributed by atoms with Crippen molar-refractivity contribution in [1.29, 1.82) is 0 Å². The molecule has 0 N–H and O–H groups in total. The van der Waals surface area contributed by atoms with E-state index in [2.05, 4.69) is 13.2 Å². The van der Waals surface area contributed by atoms with E-state index in [1.54, 1.807) is 6.08 Å². The Morgan fingerprint density at radius 2 is 1.82 bits per heavy atom. The van der Waals surface area contributed by atoms with Gasteiger partial charge in [-0.1, -0.05) is 43.0 Å². The lowest BCUT2D eigenvalue weighted by Crippen LogP contribution is -2.25. The largest absolute Gasteiger partial charge is 0.269 e. The summed E-state index contributed by atoms with van der Waals surface area (Å²) >= 11 is 0. The Labute approximate surface area is 102 Å². The summed E-state index contributed by atoms with van der Waals surface area (Å²) in [5.74, 6) is -3.53. The van der Waals surface area contributed by atoms with Crippen LogP contribution in [0.1, 0.15) is 18.4 Å². The quantitative estimate of drug-likeness (QED) is 0.605. The summed E-state index contributed by atoms with van der Waals surface area (Å²) < 4.78 is 27.1. The highest BCUT2D eigenvalue weighted by Crippen LogP contribution is 2.32. The van der Waals surface area contributed by atoms with E-state index in [0.717, 1.165) is 11.6 Å². The molecule has 1 aromatic rings. The molecule has 0 aliphatic heterocycles. The molecular weight excluding hydrogens is 218 g/mol. The second-order valence-corrected chi connectivity index (χ2v) is 4.12. The predicted octanol–water partition coefficient (Wildman–Crippen LogP) is 4.63. The Hall–Kier alpha value is -1.44. The highest BCUT2D eigenvalue weighted by atomic mass is 19.3. The second kappa shape index (κ2) is 6.33. The average Bonchev–Trinajstić information content (AvgIpc) is 2.35. The molecule has 1 atom stereocenters. The van der Waals surface area contributed by atoms with Crippen LogP contribution in [0.4, 0.5) is 8.78 Å². The van der Waals surface area contributed by atoms with Crippen LogP contribution in [0.15, 0.2) is 55.6 Å². The van der Waals surface area contributed by atoms with Gasteiger partial charge in [-0.3, -0.25) is 0 Å². The SMILES string of the molecule is C=CCC(CCc1ccccc1)C(F)(F)C=C. The molecule has 0 spiro atoms. The number of hydrogen-bond donors (Lipinski definition) is 0. The van der Waals surface area contributed by atoms with Gasteiger partial charge in [-0.15, -0.1) is 6.58 Å². The van der Waals surface area contributed by atoms with Gasteiger partial charge in [0.2, 0.25) is 0 Å². The molecule has 1 unspecified atom stereocenters. The summed E-state index contributed by atoms with van der Waals surface area (Å²) in [6.07, 6.45) is 3.70. The molecule has 0 nitrogen and oxygen atoms in total. The van der Waals surface area contributed by atoms with E-state index >= 15 is 0 Å². The van der Waals surface area contributed by atoms with Crippen LogP contribution < -0.4 is 0 Å². The molecule has 0 saturated heterocycles. The molecule has 0 aromatic heterocycles. The van der Waals surface area contributed by atoms with Crippen LogP contribution in [-0.2, 0) is 6.42 Å². The molecule has 2 heteroatoms. The van der Waals surface area contributed by atoms with Gasteiger partial charge in [0, 0.05) is 5.92 Å². The molecule has 17 heavy (non-hydrogen) atoms. The van der Waals surface area contributed by atoms with Crippen molar-refractivity contribution in [2.75, 3.05) is 0 Å². The number of allylic oxidation sites excluding steroid dienone is 2. The highest BCUT2D eigenvalue weighted by molar-refractivity contribution is 5.15. The maximum atomic E-state index is 13.5. The summed E-state index contributed by atoms with van der Waals surface area (Å²) in [7, 11) is 0. The number of benzene rings is 1. The van der Waals surface area contributed by atoms with E-state index in [9.17, 15) is 8.78 Å². The molecule has 0 heterocycles. The Morgan fingerprint density at radius 3 is 2.35 bits per heavy atom. The zero-order valence-electron chi connectivity index (χ0n) is 9.91. The van der Waals surface area contributed by atoms with Gasteiger partial charge in [0.25, 0.3) is 5.92 Å². The van der Waals surface area contributed by atoms with Crippen molar-refractivity contribution in [2.45, 2.75) is 25.2 Å². The van der Waals surface area contributed by atoms with Crippen molar-refractivity contribution in [1.82, 2.24) is 0 Å². The first-order chi connectivity index (χ1) is 8.10. The third-order valence-corrected chi connectivity index (χ3v) is 2.89. The summed E-state index contributed by atoms with van der Waals surface area (Å²) in [5, 5.41) is 0. The summed E-state index contributed by atoms with van der Waals surface area (Å²) in [6, 6.07) is 9.67. The van der Waals surface area contributed by atoms with E-state index < -0.39 is 11.8 Å². The van der Waals surface area contributed by atoms with Crippen LogP contribution in [0.2, 0.25) is 0 Å². The highest BCUT2D eigenvalue weighted by Gasteiger charge is 2.34. The Balaban J connectivity index is 2.62. The van der Waals surface area contributed by atoms with Crippen molar-refractivity contribution in [2.24, 2.45) is 5.92 Å². The summed E-state index contributed by atoms with van der Waals surface area (Å²) in [4.78, 5) is 0. The fraction of sp³-hybridized carbons (Fsp3) is 0.333. The number of alkyl halides is 2. The van der Waals surface area contributed by atoms with Gasteiger partial charge in [-0.05, 0) is 30.9 Å². The third-order valence-electron chi connectivity index (χ3n) is 2.89.